The van der Waals surface area contributed by atoms with E-state index in [0.29, 0.717) is 37.1 Å². The first kappa shape index (κ1) is 16.0. The average Bonchev–Trinajstić information content (AvgIpc) is 3.19. The van der Waals surface area contributed by atoms with Crippen LogP contribution in [0.3, 0.4) is 0 Å². The third-order valence-corrected chi connectivity index (χ3v) is 6.48. The van der Waals surface area contributed by atoms with Crippen molar-refractivity contribution in [1.82, 2.24) is 14.9 Å². The van der Waals surface area contributed by atoms with Crippen LogP contribution in [0.25, 0.3) is 0 Å². The molecule has 3 rings (SSSR count). The zero-order chi connectivity index (χ0) is 15.7. The number of guanidine groups is 1. The van der Waals surface area contributed by atoms with Gasteiger partial charge in [0.2, 0.25) is 10.0 Å². The second-order valence-electron chi connectivity index (χ2n) is 6.29. The molecule has 3 fully saturated rings. The lowest BCUT2D eigenvalue weighted by atomic mass is 9.82. The molecule has 2 N–H and O–H groups in total. The number of hydrogen-bond donors (Lipinski definition) is 2. The van der Waals surface area contributed by atoms with Crippen LogP contribution in [0.1, 0.15) is 19.8 Å². The lowest BCUT2D eigenvalue weighted by Crippen LogP contribution is -2.44. The van der Waals surface area contributed by atoms with Crippen molar-refractivity contribution in [3.8, 4) is 0 Å². The van der Waals surface area contributed by atoms with Crippen LogP contribution in [-0.2, 0) is 14.8 Å². The zero-order valence-electron chi connectivity index (χ0n) is 13.3. The van der Waals surface area contributed by atoms with E-state index >= 15 is 0 Å². The molecule has 3 aliphatic rings. The van der Waals surface area contributed by atoms with Crippen molar-refractivity contribution in [2.75, 3.05) is 39.0 Å². The maximum Gasteiger partial charge on any atom is 0.211 e. The SMILES string of the molecule is CCS(=O)(=O)NCCNC(=NC)N1CC2C3CCC(O3)C2C1. The van der Waals surface area contributed by atoms with Gasteiger partial charge in [0.25, 0.3) is 0 Å². The molecule has 0 amide bonds. The highest BCUT2D eigenvalue weighted by molar-refractivity contribution is 7.89. The van der Waals surface area contributed by atoms with Gasteiger partial charge in [-0.05, 0) is 19.8 Å². The molecule has 7 nitrogen and oxygen atoms in total. The minimum Gasteiger partial charge on any atom is -0.374 e. The Labute approximate surface area is 132 Å². The van der Waals surface area contributed by atoms with Crippen molar-refractivity contribution >= 4 is 16.0 Å². The number of nitrogens with one attached hydrogen (secondary N) is 2. The summed E-state index contributed by atoms with van der Waals surface area (Å²) in [6.07, 6.45) is 3.28. The average molecular weight is 330 g/mol. The van der Waals surface area contributed by atoms with Crippen LogP contribution >= 0.6 is 0 Å². The summed E-state index contributed by atoms with van der Waals surface area (Å²) < 4.78 is 31.3. The fraction of sp³-hybridized carbons (Fsp3) is 0.929. The lowest BCUT2D eigenvalue weighted by molar-refractivity contribution is 0.0767. The first-order valence-corrected chi connectivity index (χ1v) is 9.77. The molecule has 0 spiro atoms. The van der Waals surface area contributed by atoms with Gasteiger partial charge in [0.1, 0.15) is 0 Å². The molecule has 3 aliphatic heterocycles. The Morgan fingerprint density at radius 1 is 1.23 bits per heavy atom. The predicted molar refractivity (Wildman–Crippen MR) is 85.3 cm³/mol. The summed E-state index contributed by atoms with van der Waals surface area (Å²) in [6, 6.07) is 0. The Morgan fingerprint density at radius 2 is 1.86 bits per heavy atom. The van der Waals surface area contributed by atoms with Crippen LogP contribution in [0.4, 0.5) is 0 Å². The number of aliphatic imine (C=N–C) groups is 1. The van der Waals surface area contributed by atoms with Gasteiger partial charge in [-0.2, -0.15) is 0 Å². The summed E-state index contributed by atoms with van der Waals surface area (Å²) in [5.74, 6) is 2.25. The van der Waals surface area contributed by atoms with Gasteiger partial charge < -0.3 is 15.0 Å². The fourth-order valence-corrected chi connectivity index (χ4v) is 4.57. The van der Waals surface area contributed by atoms with E-state index in [2.05, 4.69) is 19.9 Å². The Bertz CT molecular complexity index is 518. The Balaban J connectivity index is 1.47. The van der Waals surface area contributed by atoms with Crippen LogP contribution in [-0.4, -0.2) is 70.5 Å². The molecule has 0 aromatic rings. The maximum atomic E-state index is 11.4. The smallest absolute Gasteiger partial charge is 0.211 e. The lowest BCUT2D eigenvalue weighted by Gasteiger charge is -2.23. The van der Waals surface area contributed by atoms with Crippen molar-refractivity contribution < 1.29 is 13.2 Å². The molecule has 4 atom stereocenters. The van der Waals surface area contributed by atoms with Crippen LogP contribution in [0.2, 0.25) is 0 Å². The van der Waals surface area contributed by atoms with Crippen molar-refractivity contribution in [3.05, 3.63) is 0 Å². The molecule has 2 bridgehead atoms. The number of sulfonamides is 1. The molecule has 22 heavy (non-hydrogen) atoms. The van der Waals surface area contributed by atoms with Crippen LogP contribution in [0.5, 0.6) is 0 Å². The normalized spacial score (nSPS) is 34.3. The first-order valence-electron chi connectivity index (χ1n) is 8.12. The highest BCUT2D eigenvalue weighted by Crippen LogP contribution is 2.47. The van der Waals surface area contributed by atoms with Crippen molar-refractivity contribution in [2.24, 2.45) is 16.8 Å². The maximum absolute atomic E-state index is 11.4. The van der Waals surface area contributed by atoms with Crippen molar-refractivity contribution in [2.45, 2.75) is 32.0 Å². The molecule has 3 heterocycles. The van der Waals surface area contributed by atoms with Gasteiger partial charge in [-0.3, -0.25) is 4.99 Å². The summed E-state index contributed by atoms with van der Waals surface area (Å²) in [5.41, 5.74) is 0. The minimum absolute atomic E-state index is 0.111. The van der Waals surface area contributed by atoms with Crippen LogP contribution < -0.4 is 10.0 Å². The minimum atomic E-state index is -3.12. The van der Waals surface area contributed by atoms with Crippen molar-refractivity contribution in [3.63, 3.8) is 0 Å². The Hall–Kier alpha value is -0.860. The second-order valence-corrected chi connectivity index (χ2v) is 8.39. The van der Waals surface area contributed by atoms with Crippen molar-refractivity contribution in [1.29, 1.82) is 0 Å². The molecular formula is C14H26N4O3S. The fourth-order valence-electron chi connectivity index (χ4n) is 3.95. The van der Waals surface area contributed by atoms with E-state index in [4.69, 9.17) is 4.74 Å². The van der Waals surface area contributed by atoms with E-state index in [1.165, 1.54) is 12.8 Å². The van der Waals surface area contributed by atoms with Gasteiger partial charge in [0.05, 0.1) is 18.0 Å². The van der Waals surface area contributed by atoms with Gasteiger partial charge in [-0.1, -0.05) is 0 Å². The first-order chi connectivity index (χ1) is 10.5. The van der Waals surface area contributed by atoms with Gasteiger partial charge >= 0.3 is 0 Å². The number of nitrogens with zero attached hydrogens (tertiary/aromatic N) is 2. The van der Waals surface area contributed by atoms with Gasteiger partial charge in [0, 0.05) is 45.1 Å². The largest absolute Gasteiger partial charge is 0.374 e. The number of ether oxygens (including phenoxy) is 1. The van der Waals surface area contributed by atoms with E-state index in [-0.39, 0.29) is 5.75 Å². The second kappa shape index (κ2) is 6.33. The molecule has 0 saturated carbocycles. The molecule has 0 aromatic heterocycles. The highest BCUT2D eigenvalue weighted by atomic mass is 32.2. The van der Waals surface area contributed by atoms with Gasteiger partial charge in [0.15, 0.2) is 5.96 Å². The van der Waals surface area contributed by atoms with E-state index < -0.39 is 10.0 Å². The number of likely N-dealkylation sites (tertiary alicyclic amines) is 1. The highest BCUT2D eigenvalue weighted by Gasteiger charge is 2.53. The topological polar surface area (TPSA) is 83.0 Å². The van der Waals surface area contributed by atoms with Crippen LogP contribution in [0, 0.1) is 11.8 Å². The number of hydrogen-bond acceptors (Lipinski definition) is 4. The van der Waals surface area contributed by atoms with E-state index in [1.54, 1.807) is 14.0 Å². The van der Waals surface area contributed by atoms with Gasteiger partial charge in [-0.15, -0.1) is 0 Å². The molecule has 0 aromatic carbocycles. The van der Waals surface area contributed by atoms with Gasteiger partial charge in [-0.25, -0.2) is 13.1 Å². The summed E-state index contributed by atoms with van der Waals surface area (Å²) >= 11 is 0. The molecule has 8 heteroatoms. The number of fused-ring (bicyclic) bond motifs is 5. The summed E-state index contributed by atoms with van der Waals surface area (Å²) in [7, 11) is -1.35. The molecule has 3 saturated heterocycles. The quantitative estimate of drug-likeness (QED) is 0.408. The monoisotopic (exact) mass is 330 g/mol. The third-order valence-electron chi connectivity index (χ3n) is 5.07. The third kappa shape index (κ3) is 3.09. The van der Waals surface area contributed by atoms with E-state index in [0.717, 1.165) is 19.0 Å². The van der Waals surface area contributed by atoms with E-state index in [1.807, 2.05) is 0 Å². The molecule has 126 valence electrons. The zero-order valence-corrected chi connectivity index (χ0v) is 14.1. The Kier molecular flexibility index (Phi) is 4.61. The molecular weight excluding hydrogens is 304 g/mol. The summed E-state index contributed by atoms with van der Waals surface area (Å²) in [6.45, 7) is 4.54. The number of rotatable bonds is 5. The van der Waals surface area contributed by atoms with Crippen LogP contribution in [0.15, 0.2) is 4.99 Å². The predicted octanol–water partition coefficient (Wildman–Crippen LogP) is -0.390. The molecule has 4 unspecified atom stereocenters. The van der Waals surface area contributed by atoms with E-state index in [9.17, 15) is 8.42 Å². The molecule has 0 aliphatic carbocycles. The Morgan fingerprint density at radius 3 is 2.41 bits per heavy atom. The summed E-state index contributed by atoms with van der Waals surface area (Å²) in [5, 5.41) is 3.26. The molecule has 0 radical (unpaired) electrons. The standard InChI is InChI=1S/C14H26N4O3S/c1-3-22(19,20)17-7-6-16-14(15-2)18-8-10-11(9-18)13-5-4-12(10)21-13/h10-13,17H,3-9H2,1-2H3,(H,15,16). The summed E-state index contributed by atoms with van der Waals surface area (Å²) in [4.78, 5) is 6.62.